The summed E-state index contributed by atoms with van der Waals surface area (Å²) >= 11 is 0. The predicted molar refractivity (Wildman–Crippen MR) is 77.6 cm³/mol. The maximum atomic E-state index is 13.7. The van der Waals surface area contributed by atoms with Crippen LogP contribution in [0.1, 0.15) is 38.5 Å². The lowest BCUT2D eigenvalue weighted by Crippen LogP contribution is -2.15. The zero-order chi connectivity index (χ0) is 15.5. The summed E-state index contributed by atoms with van der Waals surface area (Å²) in [5.41, 5.74) is -0.0289. The van der Waals surface area contributed by atoms with Gasteiger partial charge in [0, 0.05) is 6.42 Å². The normalized spacial score (nSPS) is 16.1. The molecule has 21 heavy (non-hydrogen) atoms. The molecule has 1 fully saturated rings. The molecule has 1 aromatic carbocycles. The minimum Gasteiger partial charge on any atom is -0.324 e. The zero-order valence-electron chi connectivity index (χ0n) is 11.6. The molecule has 116 valence electrons. The fourth-order valence-electron chi connectivity index (χ4n) is 2.62. The molecular formula is C14H19FN2O3S. The first kappa shape index (κ1) is 15.9. The topological polar surface area (TPSA) is 89.3 Å². The van der Waals surface area contributed by atoms with Crippen LogP contribution in [0.5, 0.6) is 0 Å². The van der Waals surface area contributed by atoms with Crippen LogP contribution in [0.3, 0.4) is 0 Å². The van der Waals surface area contributed by atoms with Crippen molar-refractivity contribution >= 4 is 21.6 Å². The van der Waals surface area contributed by atoms with E-state index in [-0.39, 0.29) is 16.5 Å². The van der Waals surface area contributed by atoms with E-state index >= 15 is 0 Å². The fraction of sp³-hybridized carbons (Fsp3) is 0.500. The second kappa shape index (κ2) is 6.53. The molecule has 0 saturated heterocycles. The second-order valence-corrected chi connectivity index (χ2v) is 6.99. The number of rotatable bonds is 5. The van der Waals surface area contributed by atoms with Crippen molar-refractivity contribution in [3.8, 4) is 0 Å². The molecule has 0 aromatic heterocycles. The second-order valence-electron chi connectivity index (χ2n) is 5.42. The first-order chi connectivity index (χ1) is 9.86. The van der Waals surface area contributed by atoms with Gasteiger partial charge in [-0.25, -0.2) is 17.9 Å². The average Bonchev–Trinajstić information content (AvgIpc) is 2.91. The van der Waals surface area contributed by atoms with Gasteiger partial charge in [-0.05, 0) is 30.5 Å². The molecule has 0 atom stereocenters. The van der Waals surface area contributed by atoms with E-state index in [0.29, 0.717) is 12.3 Å². The third-order valence-electron chi connectivity index (χ3n) is 3.80. The minimum atomic E-state index is -3.94. The summed E-state index contributed by atoms with van der Waals surface area (Å²) in [6.07, 6.45) is 5.91. The lowest BCUT2D eigenvalue weighted by Gasteiger charge is -2.10. The lowest BCUT2D eigenvalue weighted by molar-refractivity contribution is -0.116. The van der Waals surface area contributed by atoms with E-state index < -0.39 is 15.8 Å². The number of carbonyl (C=O) groups is 1. The van der Waals surface area contributed by atoms with Crippen LogP contribution >= 0.6 is 0 Å². The van der Waals surface area contributed by atoms with Crippen molar-refractivity contribution in [2.75, 3.05) is 5.32 Å². The van der Waals surface area contributed by atoms with Gasteiger partial charge in [-0.15, -0.1) is 0 Å². The Bertz CT molecular complexity index is 625. The van der Waals surface area contributed by atoms with E-state index in [4.69, 9.17) is 5.14 Å². The Morgan fingerprint density at radius 2 is 2.00 bits per heavy atom. The largest absolute Gasteiger partial charge is 0.324 e. The van der Waals surface area contributed by atoms with Gasteiger partial charge in [0.05, 0.1) is 10.6 Å². The molecule has 5 nitrogen and oxygen atoms in total. The standard InChI is InChI=1S/C14H19FN2O3S/c15-12-9-11(21(16,19)20)6-7-13(12)17-14(18)8-5-10-3-1-2-4-10/h6-7,9-10H,1-5,8H2,(H,17,18)(H2,16,19,20). The summed E-state index contributed by atoms with van der Waals surface area (Å²) in [7, 11) is -3.94. The summed E-state index contributed by atoms with van der Waals surface area (Å²) in [5, 5.41) is 7.38. The van der Waals surface area contributed by atoms with Crippen LogP contribution in [0, 0.1) is 11.7 Å². The number of amides is 1. The van der Waals surface area contributed by atoms with Crippen molar-refractivity contribution in [3.05, 3.63) is 24.0 Å². The van der Waals surface area contributed by atoms with Gasteiger partial charge in [-0.1, -0.05) is 25.7 Å². The number of anilines is 1. The van der Waals surface area contributed by atoms with Crippen LogP contribution in [-0.4, -0.2) is 14.3 Å². The highest BCUT2D eigenvalue weighted by Gasteiger charge is 2.17. The third-order valence-corrected chi connectivity index (χ3v) is 4.71. The van der Waals surface area contributed by atoms with Gasteiger partial charge >= 0.3 is 0 Å². The molecule has 0 spiro atoms. The van der Waals surface area contributed by atoms with Gasteiger partial charge in [0.15, 0.2) is 0 Å². The van der Waals surface area contributed by atoms with Crippen molar-refractivity contribution in [1.29, 1.82) is 0 Å². The number of hydrogen-bond acceptors (Lipinski definition) is 3. The molecule has 0 heterocycles. The zero-order valence-corrected chi connectivity index (χ0v) is 12.5. The average molecular weight is 314 g/mol. The first-order valence-electron chi connectivity index (χ1n) is 6.98. The van der Waals surface area contributed by atoms with Gasteiger partial charge in [0.25, 0.3) is 0 Å². The van der Waals surface area contributed by atoms with Crippen LogP contribution in [0.4, 0.5) is 10.1 Å². The molecule has 3 N–H and O–H groups in total. The Labute approximate surface area is 123 Å². The molecular weight excluding hydrogens is 295 g/mol. The summed E-state index contributed by atoms with van der Waals surface area (Å²) < 4.78 is 35.9. The number of nitrogens with one attached hydrogen (secondary N) is 1. The van der Waals surface area contributed by atoms with E-state index in [1.165, 1.54) is 25.0 Å². The molecule has 1 saturated carbocycles. The number of benzene rings is 1. The van der Waals surface area contributed by atoms with Crippen LogP contribution in [0.15, 0.2) is 23.1 Å². The fourth-order valence-corrected chi connectivity index (χ4v) is 3.15. The molecule has 7 heteroatoms. The van der Waals surface area contributed by atoms with E-state index in [0.717, 1.165) is 25.3 Å². The maximum absolute atomic E-state index is 13.7. The summed E-state index contributed by atoms with van der Waals surface area (Å²) in [4.78, 5) is 11.5. The van der Waals surface area contributed by atoms with E-state index in [9.17, 15) is 17.6 Å². The molecule has 1 aliphatic rings. The third kappa shape index (κ3) is 4.50. The van der Waals surface area contributed by atoms with Gasteiger partial charge in [0.1, 0.15) is 5.82 Å². The van der Waals surface area contributed by atoms with Crippen LogP contribution in [-0.2, 0) is 14.8 Å². The molecule has 1 amide bonds. The van der Waals surface area contributed by atoms with Crippen LogP contribution < -0.4 is 10.5 Å². The monoisotopic (exact) mass is 314 g/mol. The van der Waals surface area contributed by atoms with Crippen molar-refractivity contribution < 1.29 is 17.6 Å². The number of primary sulfonamides is 1. The Balaban J connectivity index is 1.94. The lowest BCUT2D eigenvalue weighted by atomic mass is 10.0. The van der Waals surface area contributed by atoms with Crippen LogP contribution in [0.2, 0.25) is 0 Å². The van der Waals surface area contributed by atoms with Crippen molar-refractivity contribution in [2.24, 2.45) is 11.1 Å². The van der Waals surface area contributed by atoms with E-state index in [1.54, 1.807) is 0 Å². The Morgan fingerprint density at radius 1 is 1.33 bits per heavy atom. The van der Waals surface area contributed by atoms with Gasteiger partial charge < -0.3 is 5.32 Å². The van der Waals surface area contributed by atoms with Gasteiger partial charge in [-0.3, -0.25) is 4.79 Å². The van der Waals surface area contributed by atoms with Gasteiger partial charge in [-0.2, -0.15) is 0 Å². The molecule has 2 rings (SSSR count). The first-order valence-corrected chi connectivity index (χ1v) is 8.53. The Morgan fingerprint density at radius 3 is 2.57 bits per heavy atom. The number of hydrogen-bond donors (Lipinski definition) is 2. The number of sulfonamides is 1. The highest BCUT2D eigenvalue weighted by atomic mass is 32.2. The SMILES string of the molecule is NS(=O)(=O)c1ccc(NC(=O)CCC2CCCC2)c(F)c1. The number of carbonyl (C=O) groups excluding carboxylic acids is 1. The van der Waals surface area contributed by atoms with Crippen molar-refractivity contribution in [2.45, 2.75) is 43.4 Å². The maximum Gasteiger partial charge on any atom is 0.238 e. The van der Waals surface area contributed by atoms with Gasteiger partial charge in [0.2, 0.25) is 15.9 Å². The van der Waals surface area contributed by atoms with E-state index in [1.807, 2.05) is 0 Å². The molecule has 1 aliphatic carbocycles. The van der Waals surface area contributed by atoms with E-state index in [2.05, 4.69) is 5.32 Å². The minimum absolute atomic E-state index is 0.0289. The number of halogens is 1. The van der Waals surface area contributed by atoms with Crippen molar-refractivity contribution in [1.82, 2.24) is 0 Å². The molecule has 0 aliphatic heterocycles. The highest BCUT2D eigenvalue weighted by Crippen LogP contribution is 2.28. The van der Waals surface area contributed by atoms with Crippen LogP contribution in [0.25, 0.3) is 0 Å². The molecule has 0 radical (unpaired) electrons. The highest BCUT2D eigenvalue weighted by molar-refractivity contribution is 7.89. The predicted octanol–water partition coefficient (Wildman–Crippen LogP) is 2.38. The number of nitrogens with two attached hydrogens (primary N) is 1. The van der Waals surface area contributed by atoms with Crippen molar-refractivity contribution in [3.63, 3.8) is 0 Å². The molecule has 1 aromatic rings. The Kier molecular flexibility index (Phi) is 4.95. The summed E-state index contributed by atoms with van der Waals surface area (Å²) in [5.74, 6) is -0.481. The molecule has 0 unspecified atom stereocenters. The molecule has 0 bridgehead atoms. The smallest absolute Gasteiger partial charge is 0.238 e. The summed E-state index contributed by atoms with van der Waals surface area (Å²) in [6, 6.07) is 3.19. The quantitative estimate of drug-likeness (QED) is 0.874. The summed E-state index contributed by atoms with van der Waals surface area (Å²) in [6.45, 7) is 0. The Hall–Kier alpha value is -1.47.